The van der Waals surface area contributed by atoms with E-state index in [1.807, 2.05) is 158 Å². The molecule has 0 atom stereocenters. The third kappa shape index (κ3) is 13.9. The van der Waals surface area contributed by atoms with Crippen LogP contribution in [0.5, 0.6) is 23.5 Å². The van der Waals surface area contributed by atoms with Crippen molar-refractivity contribution in [3.05, 3.63) is 227 Å². The van der Waals surface area contributed by atoms with E-state index in [4.69, 9.17) is 23.1 Å². The minimum atomic E-state index is -1.79. The second-order valence-corrected chi connectivity index (χ2v) is 23.8. The highest BCUT2D eigenvalue weighted by molar-refractivity contribution is 6.12. The molecule has 498 valence electrons. The molecule has 17 rings (SSSR count). The van der Waals surface area contributed by atoms with Crippen LogP contribution >= 0.6 is 0 Å². The number of hydrogen-bond donors (Lipinski definition) is 4. The highest BCUT2D eigenvalue weighted by atomic mass is 16.5. The molecule has 13 aromatic rings. The molecule has 0 saturated heterocycles. The van der Waals surface area contributed by atoms with Crippen LogP contribution in [0.3, 0.4) is 0 Å². The number of anilines is 4. The summed E-state index contributed by atoms with van der Waals surface area (Å²) in [6.45, 7) is 8.81. The Balaban J connectivity index is 0.000000115. The molecule has 8 aromatic heterocycles. The van der Waals surface area contributed by atoms with E-state index in [0.717, 1.165) is 147 Å². The zero-order valence-corrected chi connectivity index (χ0v) is 56.0. The van der Waals surface area contributed by atoms with E-state index >= 15 is 0 Å². The largest absolute Gasteiger partial charge is 0.476 e. The fourth-order valence-electron chi connectivity index (χ4n) is 11.8. The number of ether oxygens (including phenoxy) is 4. The van der Waals surface area contributed by atoms with Crippen LogP contribution in [-0.2, 0) is 61.0 Å². The monoisotopic (exact) mass is 1320 g/mol. The Bertz CT molecular complexity index is 5260. The molecule has 0 saturated carbocycles. The molecular weight excluding hydrogens is 1240 g/mol. The first kappa shape index (κ1) is 60.3. The molecule has 0 spiro atoms. The fraction of sp³-hybridized carbons (Fsp3) is 0.227. The third-order valence-corrected chi connectivity index (χ3v) is 16.6. The van der Waals surface area contributed by atoms with Gasteiger partial charge in [0.25, 0.3) is 0 Å². The molecule has 24 nitrogen and oxygen atoms in total. The SMILES string of the molecule is CCCOc1nn(C)c2cc(NC3=NCc4cccnc43)ccc12.Cn1nc(OCc2ccccc2)c2ccc(NC3=NCc4cccnc43)cc21.[2H]C(C)(C)Oc1nn(C)c2cc(NC3=NCc4cccnc43)ccc12.[2H]C([2H])(C)Oc1nn(C)c2cc(NC3=NCc4cccnc43)ccc12. The van der Waals surface area contributed by atoms with Gasteiger partial charge in [-0.25, -0.2) is 0 Å². The highest BCUT2D eigenvalue weighted by Gasteiger charge is 2.23. The summed E-state index contributed by atoms with van der Waals surface area (Å²) >= 11 is 0. The number of fused-ring (bicyclic) bond motifs is 8. The summed E-state index contributed by atoms with van der Waals surface area (Å²) in [5, 5.41) is 34.7. The molecule has 5 aromatic carbocycles. The van der Waals surface area contributed by atoms with Crippen molar-refractivity contribution in [3.8, 4) is 23.5 Å². The third-order valence-electron chi connectivity index (χ3n) is 16.6. The van der Waals surface area contributed by atoms with E-state index in [1.165, 1.54) is 6.92 Å². The number of benzene rings is 5. The Hall–Kier alpha value is -12.3. The normalized spacial score (nSPS) is 13.7. The molecule has 0 amide bonds. The number of aliphatic imine (C=N–C) groups is 4. The van der Waals surface area contributed by atoms with Crippen molar-refractivity contribution in [2.24, 2.45) is 48.2 Å². The van der Waals surface area contributed by atoms with Gasteiger partial charge in [-0.15, -0.1) is 20.4 Å². The number of pyridine rings is 4. The van der Waals surface area contributed by atoms with E-state index in [2.05, 4.69) is 113 Å². The van der Waals surface area contributed by atoms with Crippen molar-refractivity contribution < 1.29 is 23.1 Å². The average Bonchev–Trinajstić information content (AvgIpc) is 1.65. The van der Waals surface area contributed by atoms with Crippen LogP contribution in [-0.4, -0.2) is 102 Å². The second-order valence-electron chi connectivity index (χ2n) is 23.8. The van der Waals surface area contributed by atoms with Gasteiger partial charge in [0.2, 0.25) is 23.5 Å². The number of nitrogens with zero attached hydrogens (tertiary/aromatic N) is 16. The molecule has 12 heterocycles. The van der Waals surface area contributed by atoms with Gasteiger partial charge in [-0.1, -0.05) is 61.5 Å². The lowest BCUT2D eigenvalue weighted by molar-refractivity contribution is 0.233. The van der Waals surface area contributed by atoms with Crippen LogP contribution < -0.4 is 40.2 Å². The predicted molar refractivity (Wildman–Crippen MR) is 389 cm³/mol. The molecule has 0 aliphatic carbocycles. The Labute approximate surface area is 575 Å². The maximum absolute atomic E-state index is 7.91. The molecule has 0 radical (unpaired) electrons. The van der Waals surface area contributed by atoms with Crippen molar-refractivity contribution in [2.45, 2.75) is 73.0 Å². The fourth-order valence-corrected chi connectivity index (χ4v) is 11.8. The van der Waals surface area contributed by atoms with Gasteiger partial charge in [-0.05, 0) is 130 Å². The van der Waals surface area contributed by atoms with Crippen molar-refractivity contribution in [1.82, 2.24) is 59.1 Å². The van der Waals surface area contributed by atoms with Crippen molar-refractivity contribution >= 4 is 89.7 Å². The standard InChI is InChI=1S/C22H19N5O.2C18H19N5O.C17H17N5O/c1-27-19-12-17(25-21-20-16(13-24-21)8-5-11-23-20)9-10-18(19)22(26-27)28-14-15-6-3-2-4-7-15;1-11(2)24-18-14-7-6-13(9-15(14)23(3)22-18)21-17-16-12(10-20-17)5-4-8-19-16;1-3-9-24-18-14-7-6-13(10-15(14)23(2)22-18)21-17-16-12(11-20-17)5-4-8-19-16;1-3-23-17-13-7-6-12(9-14(13)22(2)21-17)20-16-15-11(10-19-16)5-4-8-18-15/h2-12H,13-14H2,1H3,(H,24,25);4-9,11H,10H2,1-3H3,(H,20,21);4-8,10H,3,9,11H2,1-2H3,(H,20,21);4-9H,3,10H2,1-2H3,(H,19,20)/i;11D;;3D2. The van der Waals surface area contributed by atoms with Gasteiger partial charge < -0.3 is 40.2 Å². The molecule has 4 aliphatic rings. The summed E-state index contributed by atoms with van der Waals surface area (Å²) in [5.74, 6) is 5.21. The lowest BCUT2D eigenvalue weighted by atomic mass is 10.2. The van der Waals surface area contributed by atoms with Crippen LogP contribution in [0.25, 0.3) is 43.6 Å². The molecule has 4 N–H and O–H groups in total. The topological polar surface area (TPSA) is 257 Å². The minimum absolute atomic E-state index is 0.279. The zero-order chi connectivity index (χ0) is 70.7. The summed E-state index contributed by atoms with van der Waals surface area (Å²) in [5.41, 5.74) is 16.7. The lowest BCUT2D eigenvalue weighted by Crippen LogP contribution is -2.13. The van der Waals surface area contributed by atoms with Gasteiger partial charge in [-0.3, -0.25) is 58.6 Å². The van der Waals surface area contributed by atoms with Crippen molar-refractivity contribution in [2.75, 3.05) is 34.4 Å². The van der Waals surface area contributed by atoms with Gasteiger partial charge in [0.1, 0.15) is 29.4 Å². The maximum atomic E-state index is 7.91. The summed E-state index contributed by atoms with van der Waals surface area (Å²) in [6.07, 6.45) is 7.05. The molecule has 99 heavy (non-hydrogen) atoms. The van der Waals surface area contributed by atoms with Crippen LogP contribution in [0, 0.1) is 0 Å². The summed E-state index contributed by atoms with van der Waals surface area (Å²) in [4.78, 5) is 35.8. The smallest absolute Gasteiger partial charge is 0.241 e. The Morgan fingerprint density at radius 3 is 1.09 bits per heavy atom. The second kappa shape index (κ2) is 28.5. The van der Waals surface area contributed by atoms with Crippen LogP contribution in [0.15, 0.2) is 196 Å². The lowest BCUT2D eigenvalue weighted by Gasteiger charge is -2.08. The molecule has 4 aliphatic heterocycles. The summed E-state index contributed by atoms with van der Waals surface area (Å²) in [7, 11) is 7.51. The average molecular weight is 1320 g/mol. The first-order valence-electron chi connectivity index (χ1n) is 33.9. The van der Waals surface area contributed by atoms with E-state index < -0.39 is 12.6 Å². The van der Waals surface area contributed by atoms with Gasteiger partial charge in [-0.2, -0.15) is 0 Å². The van der Waals surface area contributed by atoms with E-state index in [-0.39, 0.29) is 5.88 Å². The number of hydrogen-bond acceptors (Lipinski definition) is 20. The quantitative estimate of drug-likeness (QED) is 0.0789. The molecule has 0 unspecified atom stereocenters. The van der Waals surface area contributed by atoms with Gasteiger partial charge in [0.05, 0.1) is 93.1 Å². The first-order valence-corrected chi connectivity index (χ1v) is 32.4. The summed E-state index contributed by atoms with van der Waals surface area (Å²) in [6, 6.07) is 49.8. The molecular formula is C75H74N20O4. The minimum Gasteiger partial charge on any atom is -0.476 e. The van der Waals surface area contributed by atoms with Gasteiger partial charge >= 0.3 is 0 Å². The van der Waals surface area contributed by atoms with Crippen LogP contribution in [0.4, 0.5) is 22.7 Å². The van der Waals surface area contributed by atoms with E-state index in [0.29, 0.717) is 57.0 Å². The van der Waals surface area contributed by atoms with Gasteiger partial charge in [0.15, 0.2) is 23.3 Å². The van der Waals surface area contributed by atoms with E-state index in [9.17, 15) is 0 Å². The molecule has 0 bridgehead atoms. The number of aromatic nitrogens is 12. The van der Waals surface area contributed by atoms with Gasteiger partial charge in [0, 0.05) is 98.0 Å². The Morgan fingerprint density at radius 1 is 0.414 bits per heavy atom. The van der Waals surface area contributed by atoms with Crippen molar-refractivity contribution in [3.63, 3.8) is 0 Å². The first-order chi connectivity index (χ1) is 49.3. The molecule has 0 fully saturated rings. The Morgan fingerprint density at radius 2 is 0.747 bits per heavy atom. The number of nitrogens with one attached hydrogen (secondary N) is 4. The number of amidine groups is 4. The predicted octanol–water partition coefficient (Wildman–Crippen LogP) is 12.9. The van der Waals surface area contributed by atoms with Crippen molar-refractivity contribution in [1.29, 1.82) is 0 Å². The van der Waals surface area contributed by atoms with Crippen LogP contribution in [0.2, 0.25) is 0 Å². The van der Waals surface area contributed by atoms with E-state index in [1.54, 1.807) is 55.0 Å². The van der Waals surface area contributed by atoms with Crippen LogP contribution in [0.1, 0.15) is 88.8 Å². The molecule has 24 heteroatoms. The maximum Gasteiger partial charge on any atom is 0.241 e. The number of rotatable bonds is 14. The zero-order valence-electron chi connectivity index (χ0n) is 59.0. The Kier molecular flexibility index (Phi) is 17.4. The highest BCUT2D eigenvalue weighted by Crippen LogP contribution is 2.33. The summed E-state index contributed by atoms with van der Waals surface area (Å²) < 4.78 is 52.8. The number of aryl methyl sites for hydroxylation is 4.